The predicted octanol–water partition coefficient (Wildman–Crippen LogP) is 12.1. The monoisotopic (exact) mass is 564 g/mol. The molecule has 0 saturated carbocycles. The third kappa shape index (κ3) is 3.91. The molecule has 1 atom stereocenters. The van der Waals surface area contributed by atoms with Gasteiger partial charge in [-0.1, -0.05) is 154 Å². The van der Waals surface area contributed by atoms with Gasteiger partial charge in [-0.15, -0.1) is 0 Å². The second-order valence-electron chi connectivity index (χ2n) is 12.9. The van der Waals surface area contributed by atoms with E-state index >= 15 is 0 Å². The Balaban J connectivity index is 1.47. The summed E-state index contributed by atoms with van der Waals surface area (Å²) in [6.07, 6.45) is 0. The van der Waals surface area contributed by atoms with Crippen molar-refractivity contribution in [2.45, 2.75) is 39.0 Å². The first-order valence-corrected chi connectivity index (χ1v) is 15.8. The highest BCUT2D eigenvalue weighted by Crippen LogP contribution is 2.53. The van der Waals surface area contributed by atoms with Crippen LogP contribution in [0.4, 0.5) is 0 Å². The molecule has 1 unspecified atom stereocenters. The number of hydrogen-bond donors (Lipinski definition) is 0. The van der Waals surface area contributed by atoms with Crippen molar-refractivity contribution in [1.29, 1.82) is 0 Å². The first-order chi connectivity index (χ1) is 21.4. The Morgan fingerprint density at radius 3 is 1.95 bits per heavy atom. The summed E-state index contributed by atoms with van der Waals surface area (Å²) in [5.74, 6) is 0.287. The molecule has 0 radical (unpaired) electrons. The maximum absolute atomic E-state index is 2.44. The summed E-state index contributed by atoms with van der Waals surface area (Å²) < 4.78 is 0. The Bertz CT molecular complexity index is 2200. The van der Waals surface area contributed by atoms with Gasteiger partial charge in [0.2, 0.25) is 0 Å². The lowest BCUT2D eigenvalue weighted by molar-refractivity contribution is 0.661. The van der Waals surface area contributed by atoms with Crippen molar-refractivity contribution in [3.63, 3.8) is 0 Å². The summed E-state index contributed by atoms with van der Waals surface area (Å²) in [6, 6.07) is 51.8. The quantitative estimate of drug-likeness (QED) is 0.187. The van der Waals surface area contributed by atoms with E-state index in [1.165, 1.54) is 82.7 Å². The normalized spacial score (nSPS) is 14.0. The minimum atomic E-state index is -0.0357. The zero-order chi connectivity index (χ0) is 30.0. The predicted molar refractivity (Wildman–Crippen MR) is 189 cm³/mol. The number of hydrogen-bond acceptors (Lipinski definition) is 0. The minimum Gasteiger partial charge on any atom is -0.0622 e. The molecule has 212 valence electrons. The molecular weight excluding hydrogens is 528 g/mol. The fourth-order valence-corrected chi connectivity index (χ4v) is 7.89. The lowest BCUT2D eigenvalue weighted by Crippen LogP contribution is -2.14. The van der Waals surface area contributed by atoms with Crippen molar-refractivity contribution in [2.75, 3.05) is 0 Å². The highest BCUT2D eigenvalue weighted by Gasteiger charge is 2.36. The second-order valence-corrected chi connectivity index (χ2v) is 12.9. The molecule has 1 aliphatic carbocycles. The molecule has 7 aromatic rings. The fraction of sp³-hybridized carbons (Fsp3) is 0.136. The molecule has 0 saturated heterocycles. The second kappa shape index (κ2) is 10.1. The average Bonchev–Trinajstić information content (AvgIpc) is 3.31. The third-order valence-electron chi connectivity index (χ3n) is 10.2. The van der Waals surface area contributed by atoms with Gasteiger partial charge in [-0.3, -0.25) is 0 Å². The summed E-state index contributed by atoms with van der Waals surface area (Å²) in [5.41, 5.74) is 14.8. The number of aryl methyl sites for hydroxylation is 1. The van der Waals surface area contributed by atoms with Crippen LogP contribution in [-0.2, 0) is 5.41 Å². The molecule has 0 spiro atoms. The number of fused-ring (bicyclic) bond motifs is 7. The SMILES string of the molecule is Cc1c(-c2ccccc2C(C)c2ccccc2)ccc2c1c(-c1ccccc1)cc1ccc3c(c12)-c1ccccc1C3(C)C. The van der Waals surface area contributed by atoms with Gasteiger partial charge in [-0.25, -0.2) is 0 Å². The molecule has 8 rings (SSSR count). The maximum Gasteiger partial charge on any atom is 0.0159 e. The lowest BCUT2D eigenvalue weighted by atomic mass is 9.80. The highest BCUT2D eigenvalue weighted by molar-refractivity contribution is 6.22. The van der Waals surface area contributed by atoms with E-state index in [0.717, 1.165) is 0 Å². The largest absolute Gasteiger partial charge is 0.0622 e. The molecule has 7 aromatic carbocycles. The first-order valence-electron chi connectivity index (χ1n) is 15.8. The van der Waals surface area contributed by atoms with Crippen LogP contribution < -0.4 is 0 Å². The summed E-state index contributed by atoms with van der Waals surface area (Å²) in [7, 11) is 0. The van der Waals surface area contributed by atoms with Crippen LogP contribution in [0.2, 0.25) is 0 Å². The van der Waals surface area contributed by atoms with Gasteiger partial charge in [0, 0.05) is 11.3 Å². The zero-order valence-electron chi connectivity index (χ0n) is 25.9. The van der Waals surface area contributed by atoms with Crippen LogP contribution in [0.15, 0.2) is 140 Å². The molecule has 0 aliphatic heterocycles. The van der Waals surface area contributed by atoms with E-state index < -0.39 is 0 Å². The molecule has 0 aromatic heterocycles. The van der Waals surface area contributed by atoms with Crippen LogP contribution in [0.5, 0.6) is 0 Å². The molecule has 0 nitrogen and oxygen atoms in total. The van der Waals surface area contributed by atoms with Gasteiger partial charge in [-0.2, -0.15) is 0 Å². The van der Waals surface area contributed by atoms with Crippen molar-refractivity contribution < 1.29 is 0 Å². The average molecular weight is 565 g/mol. The number of benzene rings is 7. The van der Waals surface area contributed by atoms with Crippen molar-refractivity contribution in [3.8, 4) is 33.4 Å². The van der Waals surface area contributed by atoms with Crippen LogP contribution in [-0.4, -0.2) is 0 Å². The van der Waals surface area contributed by atoms with E-state index in [1.807, 2.05) is 0 Å². The van der Waals surface area contributed by atoms with Crippen molar-refractivity contribution in [1.82, 2.24) is 0 Å². The van der Waals surface area contributed by atoms with Crippen LogP contribution in [0.25, 0.3) is 54.9 Å². The Hall–Kier alpha value is -4.94. The van der Waals surface area contributed by atoms with E-state index in [9.17, 15) is 0 Å². The molecule has 0 N–H and O–H groups in total. The van der Waals surface area contributed by atoms with E-state index in [1.54, 1.807) is 0 Å². The maximum atomic E-state index is 2.44. The molecule has 1 aliphatic rings. The first kappa shape index (κ1) is 26.7. The Labute approximate surface area is 260 Å². The topological polar surface area (TPSA) is 0 Å². The molecule has 44 heavy (non-hydrogen) atoms. The summed E-state index contributed by atoms with van der Waals surface area (Å²) in [6.45, 7) is 9.41. The zero-order valence-corrected chi connectivity index (χ0v) is 25.9. The van der Waals surface area contributed by atoms with Gasteiger partial charge in [0.05, 0.1) is 0 Å². The number of rotatable bonds is 4. The molecule has 0 amide bonds. The van der Waals surface area contributed by atoms with Crippen LogP contribution >= 0.6 is 0 Å². The molecule has 0 heterocycles. The molecule has 0 fully saturated rings. The Morgan fingerprint density at radius 1 is 0.523 bits per heavy atom. The smallest absolute Gasteiger partial charge is 0.0159 e. The van der Waals surface area contributed by atoms with Crippen LogP contribution in [0, 0.1) is 6.92 Å². The van der Waals surface area contributed by atoms with Gasteiger partial charge in [0.1, 0.15) is 0 Å². The van der Waals surface area contributed by atoms with E-state index in [2.05, 4.69) is 167 Å². The van der Waals surface area contributed by atoms with Gasteiger partial charge >= 0.3 is 0 Å². The molecule has 0 heteroatoms. The van der Waals surface area contributed by atoms with Gasteiger partial charge in [-0.05, 0) is 95.7 Å². The van der Waals surface area contributed by atoms with Gasteiger partial charge < -0.3 is 0 Å². The van der Waals surface area contributed by atoms with Crippen LogP contribution in [0.1, 0.15) is 54.5 Å². The van der Waals surface area contributed by atoms with Gasteiger partial charge in [0.25, 0.3) is 0 Å². The summed E-state index contributed by atoms with van der Waals surface area (Å²) in [4.78, 5) is 0. The van der Waals surface area contributed by atoms with E-state index in [4.69, 9.17) is 0 Å². The Kier molecular flexibility index (Phi) is 6.10. The Morgan fingerprint density at radius 2 is 1.18 bits per heavy atom. The van der Waals surface area contributed by atoms with Gasteiger partial charge in [0.15, 0.2) is 0 Å². The lowest BCUT2D eigenvalue weighted by Gasteiger charge is -2.23. The summed E-state index contributed by atoms with van der Waals surface area (Å²) >= 11 is 0. The standard InChI is InChI=1S/C44H36/c1-28(30-15-7-5-8-16-30)33-19-11-12-20-35(33)34-24-25-37-41(29(34)2)38(31-17-9-6-10-18-31)27-32-23-26-40-43(42(32)37)36-21-13-14-22-39(36)44(40,3)4/h5-28H,1-4H3. The van der Waals surface area contributed by atoms with E-state index in [0.29, 0.717) is 0 Å². The van der Waals surface area contributed by atoms with Crippen molar-refractivity contribution >= 4 is 21.5 Å². The third-order valence-corrected chi connectivity index (χ3v) is 10.2. The van der Waals surface area contributed by atoms with Crippen molar-refractivity contribution in [3.05, 3.63) is 167 Å². The van der Waals surface area contributed by atoms with Crippen LogP contribution in [0.3, 0.4) is 0 Å². The minimum absolute atomic E-state index is 0.0357. The molecular formula is C44H36. The highest BCUT2D eigenvalue weighted by atomic mass is 14.4. The summed E-state index contributed by atoms with van der Waals surface area (Å²) in [5, 5.41) is 5.35. The fourth-order valence-electron chi connectivity index (χ4n) is 7.89. The van der Waals surface area contributed by atoms with Crippen molar-refractivity contribution in [2.24, 2.45) is 0 Å². The molecule has 0 bridgehead atoms. The van der Waals surface area contributed by atoms with E-state index in [-0.39, 0.29) is 11.3 Å².